The number of allylic oxidation sites excluding steroid dienone is 4. The summed E-state index contributed by atoms with van der Waals surface area (Å²) in [5, 5.41) is 0. The van der Waals surface area contributed by atoms with Gasteiger partial charge in [0.15, 0.2) is 0 Å². The van der Waals surface area contributed by atoms with Crippen LogP contribution in [0.25, 0.3) is 11.1 Å². The van der Waals surface area contributed by atoms with Crippen LogP contribution in [-0.4, -0.2) is 3.21 Å². The molecule has 6 rings (SSSR count). The van der Waals surface area contributed by atoms with Gasteiger partial charge in [0, 0.05) is 0 Å². The van der Waals surface area contributed by atoms with Gasteiger partial charge in [-0.25, -0.2) is 0 Å². The van der Waals surface area contributed by atoms with Gasteiger partial charge >= 0.3 is 288 Å². The summed E-state index contributed by atoms with van der Waals surface area (Å²) in [6.45, 7) is 12.9. The Morgan fingerprint density at radius 3 is 1.72 bits per heavy atom. The van der Waals surface area contributed by atoms with Crippen LogP contribution in [0.3, 0.4) is 0 Å². The van der Waals surface area contributed by atoms with Gasteiger partial charge in [-0.3, -0.25) is 0 Å². The van der Waals surface area contributed by atoms with Crippen molar-refractivity contribution >= 4 is 6.48 Å². The Bertz CT molecular complexity index is 1930. The summed E-state index contributed by atoms with van der Waals surface area (Å²) in [4.78, 5) is 0. The number of aryl methyl sites for hydroxylation is 2. The molecule has 0 radical (unpaired) electrons. The second-order valence-electron chi connectivity index (χ2n) is 14.0. The average Bonchev–Trinajstić information content (AvgIpc) is 3.61. The molecule has 0 fully saturated rings. The van der Waals surface area contributed by atoms with Crippen LogP contribution in [0.5, 0.6) is 0 Å². The van der Waals surface area contributed by atoms with Gasteiger partial charge in [-0.05, 0) is 0 Å². The van der Waals surface area contributed by atoms with Gasteiger partial charge in [-0.15, -0.1) is 0 Å². The van der Waals surface area contributed by atoms with Crippen LogP contribution < -0.4 is 28.1 Å². The van der Waals surface area contributed by atoms with Gasteiger partial charge in [-0.2, -0.15) is 0 Å². The number of hydrogen-bond acceptors (Lipinski definition) is 0. The number of rotatable bonds is 5. The first-order valence-corrected chi connectivity index (χ1v) is 19.9. The van der Waals surface area contributed by atoms with Gasteiger partial charge < -0.3 is 24.8 Å². The zero-order valence-electron chi connectivity index (χ0n) is 28.7. The third-order valence-corrected chi connectivity index (χ3v) is 17.9. The van der Waals surface area contributed by atoms with Crippen molar-refractivity contribution in [2.24, 2.45) is 11.3 Å². The average molecular weight is 807 g/mol. The van der Waals surface area contributed by atoms with Gasteiger partial charge in [-0.1, -0.05) is 0 Å². The molecule has 0 spiro atoms. The molecule has 0 bridgehead atoms. The summed E-state index contributed by atoms with van der Waals surface area (Å²) in [7, 11) is 0. The largest absolute Gasteiger partial charge is 1.00 e. The molecule has 2 aliphatic rings. The van der Waals surface area contributed by atoms with Crippen molar-refractivity contribution in [3.8, 4) is 11.1 Å². The van der Waals surface area contributed by atoms with Crippen LogP contribution >= 0.6 is 0 Å². The molecule has 0 amide bonds. The van der Waals surface area contributed by atoms with E-state index in [9.17, 15) is 26.3 Å². The molecular formula is C41H38Cl2F6Zr. The Labute approximate surface area is 310 Å². The van der Waals surface area contributed by atoms with Crippen molar-refractivity contribution in [2.45, 2.75) is 66.7 Å². The maximum Gasteiger partial charge on any atom is -1.00 e. The van der Waals surface area contributed by atoms with Crippen molar-refractivity contribution < 1.29 is 72.4 Å². The zero-order chi connectivity index (χ0) is 34.8. The molecular weight excluding hydrogens is 769 g/mol. The fraction of sp³-hybridized carbons (Fsp3) is 0.293. The van der Waals surface area contributed by atoms with Gasteiger partial charge in [0.2, 0.25) is 0 Å². The topological polar surface area (TPSA) is 0 Å². The summed E-state index contributed by atoms with van der Waals surface area (Å²) in [5.74, 6) is 0.119. The molecule has 0 saturated carbocycles. The van der Waals surface area contributed by atoms with Crippen molar-refractivity contribution in [3.63, 3.8) is 0 Å². The predicted octanol–water partition coefficient (Wildman–Crippen LogP) is 5.33. The molecule has 9 heteroatoms. The minimum Gasteiger partial charge on any atom is -1.00 e. The predicted molar refractivity (Wildman–Crippen MR) is 179 cm³/mol. The number of alkyl halides is 6. The van der Waals surface area contributed by atoms with Crippen LogP contribution in [0.15, 0.2) is 99.9 Å². The van der Waals surface area contributed by atoms with Crippen LogP contribution in [0, 0.1) is 25.2 Å². The maximum absolute atomic E-state index is 13.8. The van der Waals surface area contributed by atoms with Crippen LogP contribution in [-0.2, 0) is 40.0 Å². The number of benzene rings is 4. The Morgan fingerprint density at radius 2 is 1.24 bits per heavy atom. The zero-order valence-corrected chi connectivity index (χ0v) is 32.6. The van der Waals surface area contributed by atoms with E-state index in [-0.39, 0.29) is 36.1 Å². The molecule has 0 saturated heterocycles. The first kappa shape index (κ1) is 40.0. The molecule has 262 valence electrons. The van der Waals surface area contributed by atoms with Crippen molar-refractivity contribution in [3.05, 3.63) is 144 Å². The Hall–Kier alpha value is -2.73. The van der Waals surface area contributed by atoms with Crippen molar-refractivity contribution in [1.82, 2.24) is 0 Å². The minimum atomic E-state index is -4.51. The molecule has 2 aliphatic carbocycles. The van der Waals surface area contributed by atoms with E-state index in [2.05, 4.69) is 84.0 Å². The Balaban J connectivity index is 0.00000281. The summed E-state index contributed by atoms with van der Waals surface area (Å²) in [5.41, 5.74) is 7.94. The molecule has 0 aliphatic heterocycles. The number of hydrogen-bond donors (Lipinski definition) is 0. The van der Waals surface area contributed by atoms with Crippen LogP contribution in [0.1, 0.15) is 78.6 Å². The SMILES string of the molecule is CCC1C=C(C(C)(C)C)C=[C]1[Zr+2](=[C](c1ccc(C(F)(F)F)cc1)c1ccc(C(F)(F)F)cc1)[c]1c(C)ccc2c1Cc1cc(C)ccc1-2.[Cl-].[Cl-]. The van der Waals surface area contributed by atoms with Crippen molar-refractivity contribution in [1.29, 1.82) is 0 Å². The number of fused-ring (bicyclic) bond motifs is 3. The standard InChI is InChI=1S/C15H8F6.C15H13.C11H17.2ClH.Zr/c16-14(17,18)12-5-1-10(2-6-12)9-11-3-7-13(8-4-11)15(19,20)21;1-10-3-5-14-12(7-10)9-13-8-11(2)4-6-15(13)14;1-5-9-6-7-10(8-9)11(2,3)4;;;/h1-8H;3-7H,9H2,1-2H3;7-9H,5H2,1-4H3;2*1H;/q;;;;;+2/p-2. The van der Waals surface area contributed by atoms with E-state index in [0.29, 0.717) is 11.1 Å². The van der Waals surface area contributed by atoms with E-state index in [1.165, 1.54) is 64.2 Å². The second-order valence-corrected chi connectivity index (χ2v) is 19.7. The molecule has 0 heterocycles. The van der Waals surface area contributed by atoms with E-state index in [0.717, 1.165) is 45.9 Å². The van der Waals surface area contributed by atoms with E-state index < -0.39 is 44.7 Å². The molecule has 0 N–H and O–H groups in total. The van der Waals surface area contributed by atoms with E-state index in [4.69, 9.17) is 0 Å². The first-order chi connectivity index (χ1) is 22.5. The first-order valence-electron chi connectivity index (χ1n) is 16.2. The maximum atomic E-state index is 13.8. The fourth-order valence-corrected chi connectivity index (χ4v) is 16.2. The van der Waals surface area contributed by atoms with Gasteiger partial charge in [0.25, 0.3) is 0 Å². The van der Waals surface area contributed by atoms with Gasteiger partial charge in [0.1, 0.15) is 0 Å². The van der Waals surface area contributed by atoms with E-state index in [1.807, 2.05) is 0 Å². The second kappa shape index (κ2) is 14.7. The van der Waals surface area contributed by atoms with E-state index in [1.54, 1.807) is 0 Å². The monoisotopic (exact) mass is 804 g/mol. The quantitative estimate of drug-likeness (QED) is 0.211. The molecule has 1 atom stereocenters. The molecule has 50 heavy (non-hydrogen) atoms. The molecule has 0 nitrogen and oxygen atoms in total. The van der Waals surface area contributed by atoms with Gasteiger partial charge in [0.05, 0.1) is 0 Å². The summed E-state index contributed by atoms with van der Waals surface area (Å²) in [6, 6.07) is 21.3. The van der Waals surface area contributed by atoms with Crippen LogP contribution in [0.4, 0.5) is 26.3 Å². The fourth-order valence-electron chi connectivity index (χ4n) is 7.08. The van der Waals surface area contributed by atoms with E-state index >= 15 is 0 Å². The smallest absolute Gasteiger partial charge is 1.00 e. The summed E-state index contributed by atoms with van der Waals surface area (Å²) >= 11 is -3.47. The molecule has 1 unspecified atom stereocenters. The third kappa shape index (κ3) is 7.71. The normalized spacial score (nSPS) is 15.1. The molecule has 0 aromatic heterocycles. The number of halogens is 8. The Morgan fingerprint density at radius 1 is 0.720 bits per heavy atom. The summed E-state index contributed by atoms with van der Waals surface area (Å²) < 4.78 is 86.0. The van der Waals surface area contributed by atoms with Crippen LogP contribution in [0.2, 0.25) is 0 Å². The molecule has 4 aromatic carbocycles. The summed E-state index contributed by atoms with van der Waals surface area (Å²) in [6.07, 6.45) is -2.78. The third-order valence-electron chi connectivity index (χ3n) is 9.63. The van der Waals surface area contributed by atoms with Crippen molar-refractivity contribution in [2.75, 3.05) is 0 Å². The minimum absolute atomic E-state index is 0. The molecule has 4 aromatic rings. The Kier molecular flexibility index (Phi) is 11.8.